The molecule has 0 amide bonds. The van der Waals surface area contributed by atoms with Crippen LogP contribution in [0.2, 0.25) is 0 Å². The van der Waals surface area contributed by atoms with E-state index in [1.54, 1.807) is 12.1 Å². The largest absolute Gasteiger partial charge is 0.418 e. The van der Waals surface area contributed by atoms with Gasteiger partial charge >= 0.3 is 12.4 Å². The molecule has 0 fully saturated rings. The molecule has 0 bridgehead atoms. The highest BCUT2D eigenvalue weighted by atomic mass is 19.4. The number of nitrogens with zero attached hydrogens (tertiary/aromatic N) is 4. The third kappa shape index (κ3) is 8.65. The second-order valence-corrected chi connectivity index (χ2v) is 10.5. The minimum absolute atomic E-state index is 0.213. The maximum atomic E-state index is 13.8. The van der Waals surface area contributed by atoms with Gasteiger partial charge in [-0.25, -0.2) is 9.97 Å². The summed E-state index contributed by atoms with van der Waals surface area (Å²) in [5.74, 6) is 0.814. The Morgan fingerprint density at radius 3 is 2.05 bits per heavy atom. The van der Waals surface area contributed by atoms with Gasteiger partial charge < -0.3 is 5.32 Å². The van der Waals surface area contributed by atoms with E-state index in [1.807, 2.05) is 0 Å². The summed E-state index contributed by atoms with van der Waals surface area (Å²) >= 11 is 0. The van der Waals surface area contributed by atoms with Crippen LogP contribution in [-0.4, -0.2) is 32.9 Å². The Kier molecular flexibility index (Phi) is 10.6. The lowest BCUT2D eigenvalue weighted by Gasteiger charge is -2.22. The van der Waals surface area contributed by atoms with Gasteiger partial charge in [-0.2, -0.15) is 26.3 Å². The summed E-state index contributed by atoms with van der Waals surface area (Å²) in [5.41, 5.74) is -0.817. The summed E-state index contributed by atoms with van der Waals surface area (Å²) in [6.07, 6.45) is -1.42. The van der Waals surface area contributed by atoms with E-state index < -0.39 is 23.5 Å². The third-order valence-electron chi connectivity index (χ3n) is 7.13. The van der Waals surface area contributed by atoms with Crippen molar-refractivity contribution in [2.75, 3.05) is 18.4 Å². The van der Waals surface area contributed by atoms with Crippen LogP contribution in [0.1, 0.15) is 69.3 Å². The van der Waals surface area contributed by atoms with E-state index in [4.69, 9.17) is 9.97 Å². The number of rotatable bonds is 13. The van der Waals surface area contributed by atoms with Gasteiger partial charge in [-0.3, -0.25) is 9.88 Å². The number of anilines is 2. The number of aromatic nitrogens is 3. The van der Waals surface area contributed by atoms with E-state index >= 15 is 0 Å². The first-order chi connectivity index (χ1) is 20.5. The lowest BCUT2D eigenvalue weighted by molar-refractivity contribution is -0.138. The number of pyridine rings is 1. The van der Waals surface area contributed by atoms with Gasteiger partial charge in [0.25, 0.3) is 0 Å². The van der Waals surface area contributed by atoms with Crippen LogP contribution >= 0.6 is 0 Å². The smallest absolute Gasteiger partial charge is 0.340 e. The van der Waals surface area contributed by atoms with Gasteiger partial charge in [0.1, 0.15) is 11.6 Å². The van der Waals surface area contributed by atoms with Crippen LogP contribution < -0.4 is 5.32 Å². The first-order valence-electron chi connectivity index (χ1n) is 14.5. The molecule has 4 rings (SSSR count). The second kappa shape index (κ2) is 14.2. The Morgan fingerprint density at radius 2 is 1.44 bits per heavy atom. The van der Waals surface area contributed by atoms with Crippen molar-refractivity contribution in [2.24, 2.45) is 0 Å². The number of unbranched alkanes of at least 4 members (excludes halogenated alkanes) is 4. The van der Waals surface area contributed by atoms with Gasteiger partial charge in [0, 0.05) is 22.8 Å². The van der Waals surface area contributed by atoms with Gasteiger partial charge in [0.15, 0.2) is 0 Å². The summed E-state index contributed by atoms with van der Waals surface area (Å²) in [6.45, 7) is 6.40. The molecule has 2 aromatic heterocycles. The van der Waals surface area contributed by atoms with Crippen LogP contribution in [0.3, 0.4) is 0 Å². The Balaban J connectivity index is 1.76. The molecule has 0 radical (unpaired) electrons. The average molecular weight is 604 g/mol. The van der Waals surface area contributed by atoms with Gasteiger partial charge in [0.05, 0.1) is 28.9 Å². The topological polar surface area (TPSA) is 53.9 Å². The summed E-state index contributed by atoms with van der Waals surface area (Å²) in [6, 6.07) is 11.5. The first-order valence-corrected chi connectivity index (χ1v) is 14.5. The molecular weight excluding hydrogens is 568 g/mol. The number of hydrogen-bond acceptors (Lipinski definition) is 5. The van der Waals surface area contributed by atoms with Crippen molar-refractivity contribution in [1.82, 2.24) is 19.9 Å². The van der Waals surface area contributed by atoms with Gasteiger partial charge in [0.2, 0.25) is 0 Å². The molecule has 0 aliphatic rings. The van der Waals surface area contributed by atoms with Crippen LogP contribution in [0.4, 0.5) is 37.8 Å². The van der Waals surface area contributed by atoms with Crippen LogP contribution in [0.15, 0.2) is 60.8 Å². The van der Waals surface area contributed by atoms with Crippen molar-refractivity contribution in [3.05, 3.63) is 77.7 Å². The molecule has 230 valence electrons. The van der Waals surface area contributed by atoms with Crippen LogP contribution in [0, 0.1) is 0 Å². The number of nitrogens with one attached hydrogen (secondary N) is 1. The normalized spacial score (nSPS) is 12.3. The second-order valence-electron chi connectivity index (χ2n) is 10.5. The van der Waals surface area contributed by atoms with Crippen LogP contribution in [0.5, 0.6) is 0 Å². The minimum Gasteiger partial charge on any atom is -0.340 e. The molecule has 0 saturated carbocycles. The van der Waals surface area contributed by atoms with Crippen molar-refractivity contribution < 1.29 is 26.3 Å². The van der Waals surface area contributed by atoms with Gasteiger partial charge in [-0.15, -0.1) is 0 Å². The van der Waals surface area contributed by atoms with Crippen LogP contribution in [0.25, 0.3) is 22.2 Å². The summed E-state index contributed by atoms with van der Waals surface area (Å²) in [4.78, 5) is 15.8. The molecule has 4 aromatic rings. The molecule has 0 atom stereocenters. The molecule has 0 spiro atoms. The van der Waals surface area contributed by atoms with E-state index in [0.717, 1.165) is 69.8 Å². The molecule has 2 heterocycles. The Morgan fingerprint density at radius 1 is 0.767 bits per heavy atom. The molecule has 5 nitrogen and oxygen atoms in total. The fraction of sp³-hybridized carbons (Fsp3) is 0.406. The predicted octanol–water partition coefficient (Wildman–Crippen LogP) is 9.66. The number of halogens is 6. The van der Waals surface area contributed by atoms with E-state index in [0.29, 0.717) is 34.8 Å². The van der Waals surface area contributed by atoms with Gasteiger partial charge in [-0.1, -0.05) is 45.6 Å². The fourth-order valence-corrected chi connectivity index (χ4v) is 4.88. The summed E-state index contributed by atoms with van der Waals surface area (Å²) < 4.78 is 80.6. The quantitative estimate of drug-likeness (QED) is 0.122. The molecule has 0 saturated heterocycles. The zero-order valence-corrected chi connectivity index (χ0v) is 24.2. The third-order valence-corrected chi connectivity index (χ3v) is 7.13. The summed E-state index contributed by atoms with van der Waals surface area (Å²) in [5, 5.41) is 3.62. The monoisotopic (exact) mass is 603 g/mol. The van der Waals surface area contributed by atoms with Crippen molar-refractivity contribution >= 4 is 22.4 Å². The molecule has 0 aliphatic heterocycles. The number of hydrogen-bond donors (Lipinski definition) is 1. The first kappa shape index (κ1) is 32.2. The molecule has 1 N–H and O–H groups in total. The Hall–Kier alpha value is -3.73. The maximum absolute atomic E-state index is 13.8. The van der Waals surface area contributed by atoms with E-state index in [-0.39, 0.29) is 11.3 Å². The maximum Gasteiger partial charge on any atom is 0.418 e. The number of fused-ring (bicyclic) bond motifs is 1. The fourth-order valence-electron chi connectivity index (χ4n) is 4.88. The van der Waals surface area contributed by atoms with Crippen LogP contribution in [-0.2, 0) is 18.9 Å². The SMILES string of the molecule is CCCCCN(CCCCC)Cc1nc(Nc2ccc(C(F)(F)F)cc2)c2ccc(-c3ncccc3C(F)(F)F)cc2n1. The molecule has 2 aromatic carbocycles. The zero-order valence-electron chi connectivity index (χ0n) is 24.2. The van der Waals surface area contributed by atoms with E-state index in [9.17, 15) is 26.3 Å². The lowest BCUT2D eigenvalue weighted by atomic mass is 10.0. The molecule has 11 heteroatoms. The number of benzene rings is 2. The Labute approximate surface area is 247 Å². The molecule has 0 aliphatic carbocycles. The van der Waals surface area contributed by atoms with Gasteiger partial charge in [-0.05, 0) is 74.5 Å². The number of alkyl halides is 6. The molecule has 0 unspecified atom stereocenters. The average Bonchev–Trinajstić information content (AvgIpc) is 2.96. The predicted molar refractivity (Wildman–Crippen MR) is 157 cm³/mol. The highest BCUT2D eigenvalue weighted by Gasteiger charge is 2.34. The molecular formula is C32H35F6N5. The van der Waals surface area contributed by atoms with E-state index in [2.05, 4.69) is 29.0 Å². The standard InChI is InChI=1S/C32H35F6N5/c1-3-5-7-18-43(19-8-6-4-2)21-28-41-27-20-22(29-26(32(36,37)38)10-9-17-39-29)11-16-25(27)30(42-28)40-24-14-12-23(13-15-24)31(33,34)35/h9-17,20H,3-8,18-19,21H2,1-2H3,(H,40,41,42). The minimum atomic E-state index is -4.60. The van der Waals surface area contributed by atoms with Crippen molar-refractivity contribution in [2.45, 2.75) is 71.3 Å². The highest BCUT2D eigenvalue weighted by Crippen LogP contribution is 2.37. The Bertz CT molecular complexity index is 1470. The summed E-state index contributed by atoms with van der Waals surface area (Å²) in [7, 11) is 0. The van der Waals surface area contributed by atoms with Crippen molar-refractivity contribution in [1.29, 1.82) is 0 Å². The van der Waals surface area contributed by atoms with Crippen molar-refractivity contribution in [3.8, 4) is 11.3 Å². The molecule has 43 heavy (non-hydrogen) atoms. The van der Waals surface area contributed by atoms with E-state index in [1.165, 1.54) is 30.5 Å². The highest BCUT2D eigenvalue weighted by molar-refractivity contribution is 5.93. The lowest BCUT2D eigenvalue weighted by Crippen LogP contribution is -2.27. The van der Waals surface area contributed by atoms with Crippen molar-refractivity contribution in [3.63, 3.8) is 0 Å². The zero-order chi connectivity index (χ0) is 31.0.